The van der Waals surface area contributed by atoms with Crippen molar-refractivity contribution in [2.45, 2.75) is 12.1 Å². The second kappa shape index (κ2) is 7.00. The van der Waals surface area contributed by atoms with Crippen molar-refractivity contribution in [1.29, 1.82) is 0 Å². The number of amides is 2. The van der Waals surface area contributed by atoms with Crippen molar-refractivity contribution in [3.63, 3.8) is 0 Å². The molecule has 0 bridgehead atoms. The maximum Gasteiger partial charge on any atom is 0.257 e. The van der Waals surface area contributed by atoms with Crippen LogP contribution in [0.5, 0.6) is 5.75 Å². The molecule has 2 unspecified atom stereocenters. The second-order valence-electron chi connectivity index (χ2n) is 6.82. The van der Waals surface area contributed by atoms with E-state index in [1.807, 2.05) is 24.3 Å². The smallest absolute Gasteiger partial charge is 0.257 e. The van der Waals surface area contributed by atoms with Crippen LogP contribution in [0.15, 0.2) is 42.7 Å². The van der Waals surface area contributed by atoms with Gasteiger partial charge >= 0.3 is 0 Å². The summed E-state index contributed by atoms with van der Waals surface area (Å²) in [5.74, 6) is 0.345. The lowest BCUT2D eigenvalue weighted by Gasteiger charge is -2.24. The third kappa shape index (κ3) is 3.14. The van der Waals surface area contributed by atoms with Crippen molar-refractivity contribution in [3.8, 4) is 16.9 Å². The molecule has 0 radical (unpaired) electrons. The Labute approximate surface area is 157 Å². The topological polar surface area (TPSA) is 72.0 Å². The number of rotatable bonds is 3. The molecule has 2 aromatic rings. The van der Waals surface area contributed by atoms with Crippen molar-refractivity contribution in [1.82, 2.24) is 14.8 Å². The van der Waals surface area contributed by atoms with E-state index in [0.717, 1.165) is 11.1 Å². The summed E-state index contributed by atoms with van der Waals surface area (Å²) in [7, 11) is 3.26. The molecule has 2 atom stereocenters. The molecule has 0 spiro atoms. The van der Waals surface area contributed by atoms with Gasteiger partial charge in [-0.2, -0.15) is 0 Å². The molecule has 1 saturated heterocycles. The lowest BCUT2D eigenvalue weighted by atomic mass is 10.0. The lowest BCUT2D eigenvalue weighted by molar-refractivity contribution is -0.134. The van der Waals surface area contributed by atoms with E-state index in [1.54, 1.807) is 35.3 Å². The summed E-state index contributed by atoms with van der Waals surface area (Å²) in [4.78, 5) is 32.6. The van der Waals surface area contributed by atoms with Gasteiger partial charge in [0.2, 0.25) is 5.91 Å². The number of hydrogen-bond donors (Lipinski definition) is 0. The largest absolute Gasteiger partial charge is 0.485 e. The van der Waals surface area contributed by atoms with E-state index >= 15 is 0 Å². The van der Waals surface area contributed by atoms with E-state index in [0.29, 0.717) is 24.4 Å². The molecule has 1 fully saturated rings. The molecule has 0 saturated carbocycles. The van der Waals surface area contributed by atoms with Gasteiger partial charge in [0.05, 0.1) is 18.2 Å². The first-order valence-corrected chi connectivity index (χ1v) is 8.83. The molecule has 7 heteroatoms. The highest BCUT2D eigenvalue weighted by Gasteiger charge is 2.43. The predicted molar refractivity (Wildman–Crippen MR) is 98.4 cm³/mol. The number of pyridine rings is 1. The molecule has 1 aromatic heterocycles. The van der Waals surface area contributed by atoms with Crippen LogP contribution in [0.2, 0.25) is 0 Å². The summed E-state index contributed by atoms with van der Waals surface area (Å²) in [6, 6.07) is 9.22. The fourth-order valence-electron chi connectivity index (χ4n) is 3.68. The number of aromatic nitrogens is 1. The van der Waals surface area contributed by atoms with Gasteiger partial charge in [-0.05, 0) is 23.8 Å². The van der Waals surface area contributed by atoms with Crippen molar-refractivity contribution < 1.29 is 19.1 Å². The monoisotopic (exact) mass is 367 g/mol. The van der Waals surface area contributed by atoms with E-state index in [1.165, 1.54) is 7.11 Å². The third-order valence-corrected chi connectivity index (χ3v) is 5.16. The first-order chi connectivity index (χ1) is 13.1. The number of carbonyl (C=O) groups is 2. The van der Waals surface area contributed by atoms with Crippen molar-refractivity contribution in [3.05, 3.63) is 48.3 Å². The summed E-state index contributed by atoms with van der Waals surface area (Å²) in [6.45, 7) is 0.901. The van der Waals surface area contributed by atoms with Gasteiger partial charge in [-0.1, -0.05) is 12.1 Å². The molecule has 3 heterocycles. The minimum absolute atomic E-state index is 0.0266. The molecule has 0 N–H and O–H groups in total. The second-order valence-corrected chi connectivity index (χ2v) is 6.82. The predicted octanol–water partition coefficient (Wildman–Crippen LogP) is 1.44. The Morgan fingerprint density at radius 2 is 2.15 bits per heavy atom. The van der Waals surface area contributed by atoms with Gasteiger partial charge in [0.1, 0.15) is 18.5 Å². The zero-order valence-corrected chi connectivity index (χ0v) is 15.3. The number of methoxy groups -OCH3 is 1. The van der Waals surface area contributed by atoms with Gasteiger partial charge in [-0.25, -0.2) is 0 Å². The molecule has 4 rings (SSSR count). The van der Waals surface area contributed by atoms with Gasteiger partial charge in [-0.3, -0.25) is 14.6 Å². The lowest BCUT2D eigenvalue weighted by Crippen LogP contribution is -2.44. The van der Waals surface area contributed by atoms with Gasteiger partial charge in [-0.15, -0.1) is 0 Å². The van der Waals surface area contributed by atoms with E-state index < -0.39 is 0 Å². The first kappa shape index (κ1) is 17.5. The maximum atomic E-state index is 12.9. The maximum absolute atomic E-state index is 12.9. The summed E-state index contributed by atoms with van der Waals surface area (Å²) in [6.07, 6.45) is 3.22. The Hall–Kier alpha value is -2.93. The van der Waals surface area contributed by atoms with Crippen LogP contribution in [0.1, 0.15) is 10.4 Å². The molecule has 2 amide bonds. The Bertz CT molecular complexity index is 871. The van der Waals surface area contributed by atoms with E-state index in [9.17, 15) is 9.59 Å². The van der Waals surface area contributed by atoms with Crippen LogP contribution < -0.4 is 4.74 Å². The van der Waals surface area contributed by atoms with Crippen LogP contribution in [-0.4, -0.2) is 72.6 Å². The summed E-state index contributed by atoms with van der Waals surface area (Å²) in [5, 5.41) is 0. The third-order valence-electron chi connectivity index (χ3n) is 5.16. The quantitative estimate of drug-likeness (QED) is 0.821. The zero-order chi connectivity index (χ0) is 19.0. The average molecular weight is 367 g/mol. The van der Waals surface area contributed by atoms with Crippen LogP contribution in [0.3, 0.4) is 0 Å². The highest BCUT2D eigenvalue weighted by atomic mass is 16.5. The van der Waals surface area contributed by atoms with Crippen LogP contribution in [0.4, 0.5) is 0 Å². The molecular weight excluding hydrogens is 346 g/mol. The highest BCUT2D eigenvalue weighted by Crippen LogP contribution is 2.34. The van der Waals surface area contributed by atoms with Gasteiger partial charge < -0.3 is 19.3 Å². The number of nitrogens with zero attached hydrogens (tertiary/aromatic N) is 3. The standard InChI is InChI=1S/C20H21N3O4/c1-22-16-10-23(19(24)12-26-2)11-18(16)27-17-8-13(5-6-15(17)20(22)25)14-4-3-7-21-9-14/h3-9,16,18H,10-12H2,1-2H3. The van der Waals surface area contributed by atoms with Crippen LogP contribution in [0, 0.1) is 0 Å². The fraction of sp³-hybridized carbons (Fsp3) is 0.350. The number of carbonyl (C=O) groups excluding carboxylic acids is 2. The number of ether oxygens (including phenoxy) is 2. The molecule has 1 aromatic carbocycles. The first-order valence-electron chi connectivity index (χ1n) is 8.83. The Morgan fingerprint density at radius 1 is 1.30 bits per heavy atom. The van der Waals surface area contributed by atoms with Crippen LogP contribution >= 0.6 is 0 Å². The van der Waals surface area contributed by atoms with Crippen molar-refractivity contribution in [2.75, 3.05) is 33.9 Å². The molecule has 2 aliphatic heterocycles. The molecule has 7 nitrogen and oxygen atoms in total. The Balaban J connectivity index is 1.66. The fourth-order valence-corrected chi connectivity index (χ4v) is 3.68. The Morgan fingerprint density at radius 3 is 2.89 bits per heavy atom. The van der Waals surface area contributed by atoms with E-state index in [4.69, 9.17) is 9.47 Å². The molecule has 140 valence electrons. The van der Waals surface area contributed by atoms with Crippen LogP contribution in [-0.2, 0) is 9.53 Å². The molecular formula is C20H21N3O4. The number of benzene rings is 1. The summed E-state index contributed by atoms with van der Waals surface area (Å²) >= 11 is 0. The van der Waals surface area contributed by atoms with Gasteiger partial charge in [0.15, 0.2) is 0 Å². The summed E-state index contributed by atoms with van der Waals surface area (Å²) < 4.78 is 11.2. The van der Waals surface area contributed by atoms with Gasteiger partial charge in [0.25, 0.3) is 5.91 Å². The van der Waals surface area contributed by atoms with Crippen LogP contribution in [0.25, 0.3) is 11.1 Å². The Kier molecular flexibility index (Phi) is 4.53. The minimum Gasteiger partial charge on any atom is -0.485 e. The van der Waals surface area contributed by atoms with Crippen molar-refractivity contribution in [2.24, 2.45) is 0 Å². The molecule has 27 heavy (non-hydrogen) atoms. The number of hydrogen-bond acceptors (Lipinski definition) is 5. The number of likely N-dealkylation sites (tertiary alicyclic amines) is 1. The SMILES string of the molecule is COCC(=O)N1CC2Oc3cc(-c4cccnc4)ccc3C(=O)N(C)C2C1. The number of likely N-dealkylation sites (N-methyl/N-ethyl adjacent to an activating group) is 1. The molecule has 2 aliphatic rings. The number of fused-ring (bicyclic) bond motifs is 2. The minimum atomic E-state index is -0.273. The van der Waals surface area contributed by atoms with E-state index in [-0.39, 0.29) is 30.6 Å². The zero-order valence-electron chi connectivity index (χ0n) is 15.3. The van der Waals surface area contributed by atoms with Crippen molar-refractivity contribution >= 4 is 11.8 Å². The molecule has 0 aliphatic carbocycles. The van der Waals surface area contributed by atoms with Gasteiger partial charge in [0, 0.05) is 38.7 Å². The van der Waals surface area contributed by atoms with E-state index in [2.05, 4.69) is 4.98 Å². The summed E-state index contributed by atoms with van der Waals surface area (Å²) in [5.41, 5.74) is 2.42. The highest BCUT2D eigenvalue weighted by molar-refractivity contribution is 5.98. The normalized spacial score (nSPS) is 21.3. The average Bonchev–Trinajstić information content (AvgIpc) is 3.08.